The van der Waals surface area contributed by atoms with Gasteiger partial charge >= 0.3 is 0 Å². The number of aliphatic hydroxyl groups excluding tert-OH is 1. The van der Waals surface area contributed by atoms with Crippen molar-refractivity contribution in [2.45, 2.75) is 26.1 Å². The molecule has 3 nitrogen and oxygen atoms in total. The Hall–Kier alpha value is -0.930. The minimum atomic E-state index is -0.255. The van der Waals surface area contributed by atoms with Crippen LogP contribution in [0.25, 0.3) is 0 Å². The van der Waals surface area contributed by atoms with Crippen LogP contribution in [0.1, 0.15) is 18.2 Å². The van der Waals surface area contributed by atoms with Gasteiger partial charge in [-0.2, -0.15) is 0 Å². The molecule has 1 aromatic heterocycles. The highest BCUT2D eigenvalue weighted by Gasteiger charge is 2.19. The Balaban J connectivity index is 2.05. The van der Waals surface area contributed by atoms with E-state index in [1.54, 1.807) is 0 Å². The highest BCUT2D eigenvalue weighted by Crippen LogP contribution is 2.19. The Morgan fingerprint density at radius 3 is 3.15 bits per heavy atom. The first-order chi connectivity index (χ1) is 6.25. The van der Waals surface area contributed by atoms with Gasteiger partial charge in [0.2, 0.25) is 0 Å². The van der Waals surface area contributed by atoms with Gasteiger partial charge < -0.3 is 5.11 Å². The summed E-state index contributed by atoms with van der Waals surface area (Å²) in [6.45, 7) is 4.35. The Bertz CT molecular complexity index is 274. The second kappa shape index (κ2) is 3.44. The van der Waals surface area contributed by atoms with Gasteiger partial charge in [0.1, 0.15) is 0 Å². The molecule has 0 bridgehead atoms. The van der Waals surface area contributed by atoms with Crippen molar-refractivity contribution in [2.75, 3.05) is 6.54 Å². The van der Waals surface area contributed by atoms with Crippen molar-refractivity contribution in [3.05, 3.63) is 29.6 Å². The van der Waals surface area contributed by atoms with Gasteiger partial charge in [-0.25, -0.2) is 0 Å². The van der Waals surface area contributed by atoms with Gasteiger partial charge in [0.25, 0.3) is 0 Å². The smallest absolute Gasteiger partial charge is 0.0639 e. The van der Waals surface area contributed by atoms with E-state index in [1.165, 1.54) is 5.56 Å². The predicted molar refractivity (Wildman–Crippen MR) is 50.0 cm³/mol. The normalized spacial score (nSPS) is 18.6. The third kappa shape index (κ3) is 1.87. The van der Waals surface area contributed by atoms with Crippen LogP contribution in [0.2, 0.25) is 0 Å². The van der Waals surface area contributed by atoms with Crippen molar-refractivity contribution in [2.24, 2.45) is 0 Å². The predicted octanol–water partition coefficient (Wildman–Crippen LogP) is 0.778. The van der Waals surface area contributed by atoms with Crippen molar-refractivity contribution in [3.63, 3.8) is 0 Å². The molecule has 0 amide bonds. The maximum Gasteiger partial charge on any atom is 0.0639 e. The van der Waals surface area contributed by atoms with Gasteiger partial charge in [-0.1, -0.05) is 6.07 Å². The largest absolute Gasteiger partial charge is 0.392 e. The van der Waals surface area contributed by atoms with Crippen molar-refractivity contribution in [1.82, 2.24) is 9.88 Å². The van der Waals surface area contributed by atoms with Crippen LogP contribution in [0.4, 0.5) is 0 Å². The minimum absolute atomic E-state index is 0.255. The monoisotopic (exact) mass is 178 g/mol. The van der Waals surface area contributed by atoms with Crippen molar-refractivity contribution < 1.29 is 5.11 Å². The lowest BCUT2D eigenvalue weighted by Gasteiger charge is -2.15. The lowest BCUT2D eigenvalue weighted by atomic mass is 10.2. The molecule has 1 aliphatic rings. The number of aromatic nitrogens is 1. The molecule has 1 unspecified atom stereocenters. The number of fused-ring (bicyclic) bond motifs is 1. The van der Waals surface area contributed by atoms with Crippen LogP contribution in [0.15, 0.2) is 18.3 Å². The Morgan fingerprint density at radius 1 is 1.62 bits per heavy atom. The Morgan fingerprint density at radius 2 is 2.46 bits per heavy atom. The van der Waals surface area contributed by atoms with Crippen LogP contribution in [0, 0.1) is 0 Å². The van der Waals surface area contributed by atoms with Crippen LogP contribution >= 0.6 is 0 Å². The van der Waals surface area contributed by atoms with Gasteiger partial charge in [0, 0.05) is 25.8 Å². The minimum Gasteiger partial charge on any atom is -0.392 e. The average molecular weight is 178 g/mol. The fourth-order valence-electron chi connectivity index (χ4n) is 1.77. The van der Waals surface area contributed by atoms with Crippen LogP contribution in [-0.2, 0) is 13.1 Å². The fraction of sp³-hybridized carbons (Fsp3) is 0.500. The second-order valence-corrected chi connectivity index (χ2v) is 3.63. The van der Waals surface area contributed by atoms with Crippen molar-refractivity contribution in [1.29, 1.82) is 0 Å². The molecule has 1 aromatic rings. The summed E-state index contributed by atoms with van der Waals surface area (Å²) in [5.74, 6) is 0. The van der Waals surface area contributed by atoms with E-state index in [0.717, 1.165) is 25.3 Å². The molecule has 2 rings (SSSR count). The summed E-state index contributed by atoms with van der Waals surface area (Å²) in [6.07, 6.45) is 1.57. The fourth-order valence-corrected chi connectivity index (χ4v) is 1.77. The molecular formula is C10H14N2O. The third-order valence-electron chi connectivity index (χ3n) is 2.27. The van der Waals surface area contributed by atoms with E-state index in [9.17, 15) is 5.11 Å². The van der Waals surface area contributed by atoms with Gasteiger partial charge in [0.15, 0.2) is 0 Å². The highest BCUT2D eigenvalue weighted by atomic mass is 16.3. The molecule has 0 aromatic carbocycles. The standard InChI is InChI=1S/C10H14N2O/c1-8(13)5-12-6-9-3-2-4-11-10(9)7-12/h2-4,8,13H,5-7H2,1H3. The van der Waals surface area contributed by atoms with Gasteiger partial charge in [0.05, 0.1) is 11.8 Å². The first-order valence-corrected chi connectivity index (χ1v) is 4.59. The maximum atomic E-state index is 9.23. The molecule has 0 saturated carbocycles. The van der Waals surface area contributed by atoms with E-state index in [2.05, 4.69) is 16.0 Å². The lowest BCUT2D eigenvalue weighted by molar-refractivity contribution is 0.126. The number of hydrogen-bond donors (Lipinski definition) is 1. The molecule has 0 saturated heterocycles. The number of hydrogen-bond acceptors (Lipinski definition) is 3. The molecule has 0 spiro atoms. The number of aliphatic hydroxyl groups is 1. The summed E-state index contributed by atoms with van der Waals surface area (Å²) in [5.41, 5.74) is 2.45. The molecule has 0 aliphatic carbocycles. The first-order valence-electron chi connectivity index (χ1n) is 4.59. The van der Waals surface area contributed by atoms with Crippen LogP contribution < -0.4 is 0 Å². The van der Waals surface area contributed by atoms with E-state index in [0.29, 0.717) is 0 Å². The zero-order valence-corrected chi connectivity index (χ0v) is 7.77. The number of β-amino-alcohol motifs (C(OH)–C–C–N with tert-alkyl or cyclic N) is 1. The molecule has 0 fully saturated rings. The van der Waals surface area contributed by atoms with E-state index >= 15 is 0 Å². The Kier molecular flexibility index (Phi) is 2.29. The first kappa shape index (κ1) is 8.66. The van der Waals surface area contributed by atoms with Crippen molar-refractivity contribution in [3.8, 4) is 0 Å². The number of pyridine rings is 1. The number of nitrogens with zero attached hydrogens (tertiary/aromatic N) is 2. The molecular weight excluding hydrogens is 164 g/mol. The summed E-state index contributed by atoms with van der Waals surface area (Å²) in [4.78, 5) is 6.50. The second-order valence-electron chi connectivity index (χ2n) is 3.63. The van der Waals surface area contributed by atoms with Crippen LogP contribution in [0.3, 0.4) is 0 Å². The molecule has 13 heavy (non-hydrogen) atoms. The van der Waals surface area contributed by atoms with Gasteiger partial charge in [-0.05, 0) is 18.6 Å². The summed E-state index contributed by atoms with van der Waals surface area (Å²) in [6, 6.07) is 4.06. The molecule has 1 N–H and O–H groups in total. The van der Waals surface area contributed by atoms with E-state index in [4.69, 9.17) is 0 Å². The van der Waals surface area contributed by atoms with E-state index in [-0.39, 0.29) is 6.10 Å². The molecule has 70 valence electrons. The van der Waals surface area contributed by atoms with E-state index < -0.39 is 0 Å². The highest BCUT2D eigenvalue weighted by molar-refractivity contribution is 5.23. The molecule has 2 heterocycles. The van der Waals surface area contributed by atoms with Crippen LogP contribution in [-0.4, -0.2) is 27.6 Å². The summed E-state index contributed by atoms with van der Waals surface area (Å²) >= 11 is 0. The quantitative estimate of drug-likeness (QED) is 0.727. The molecule has 1 atom stereocenters. The molecule has 1 aliphatic heterocycles. The number of rotatable bonds is 2. The SMILES string of the molecule is CC(O)CN1Cc2cccnc2C1. The summed E-state index contributed by atoms with van der Waals surface area (Å²) < 4.78 is 0. The van der Waals surface area contributed by atoms with E-state index in [1.807, 2.05) is 19.2 Å². The zero-order valence-electron chi connectivity index (χ0n) is 7.77. The third-order valence-corrected chi connectivity index (χ3v) is 2.27. The summed E-state index contributed by atoms with van der Waals surface area (Å²) in [5, 5.41) is 9.23. The molecule has 0 radical (unpaired) electrons. The van der Waals surface area contributed by atoms with Gasteiger partial charge in [-0.3, -0.25) is 9.88 Å². The van der Waals surface area contributed by atoms with Gasteiger partial charge in [-0.15, -0.1) is 0 Å². The topological polar surface area (TPSA) is 36.4 Å². The lowest BCUT2D eigenvalue weighted by Crippen LogP contribution is -2.25. The summed E-state index contributed by atoms with van der Waals surface area (Å²) in [7, 11) is 0. The van der Waals surface area contributed by atoms with Crippen LogP contribution in [0.5, 0.6) is 0 Å². The molecule has 3 heteroatoms. The maximum absolute atomic E-state index is 9.23. The zero-order chi connectivity index (χ0) is 9.26. The average Bonchev–Trinajstić information content (AvgIpc) is 2.44. The van der Waals surface area contributed by atoms with Crippen molar-refractivity contribution >= 4 is 0 Å². The Labute approximate surface area is 78.0 Å².